The molecule has 1 heterocycles. The van der Waals surface area contributed by atoms with Gasteiger partial charge in [0.25, 0.3) is 0 Å². The van der Waals surface area contributed by atoms with E-state index in [1.54, 1.807) is 28.5 Å². The summed E-state index contributed by atoms with van der Waals surface area (Å²) in [6.07, 6.45) is 2.96. The highest BCUT2D eigenvalue weighted by Gasteiger charge is 2.15. The zero-order valence-electron chi connectivity index (χ0n) is 9.14. The van der Waals surface area contributed by atoms with Crippen molar-refractivity contribution in [2.24, 2.45) is 0 Å². The fourth-order valence-corrected chi connectivity index (χ4v) is 1.34. The van der Waals surface area contributed by atoms with E-state index >= 15 is 0 Å². The van der Waals surface area contributed by atoms with Gasteiger partial charge in [-0.15, -0.1) is 0 Å². The Morgan fingerprint density at radius 1 is 1.14 bits per heavy atom. The zero-order valence-corrected chi connectivity index (χ0v) is 9.14. The summed E-state index contributed by atoms with van der Waals surface area (Å²) >= 11 is 0. The fourth-order valence-electron chi connectivity index (χ4n) is 1.34. The van der Waals surface area contributed by atoms with Crippen LogP contribution < -0.4 is 5.69 Å². The maximum atomic E-state index is 11.8. The summed E-state index contributed by atoms with van der Waals surface area (Å²) in [5.41, 5.74) is -0.0617. The van der Waals surface area contributed by atoms with Crippen molar-refractivity contribution in [1.82, 2.24) is 9.13 Å². The van der Waals surface area contributed by atoms with Gasteiger partial charge in [-0.1, -0.05) is 0 Å². The van der Waals surface area contributed by atoms with Crippen molar-refractivity contribution in [3.8, 4) is 0 Å². The molecule has 1 aromatic heterocycles. The molecule has 0 saturated heterocycles. The van der Waals surface area contributed by atoms with Gasteiger partial charge in [-0.25, -0.2) is 4.79 Å². The van der Waals surface area contributed by atoms with Gasteiger partial charge in [0.1, 0.15) is 0 Å². The lowest BCUT2D eigenvalue weighted by atomic mass is 10.2. The molecule has 1 N–H and O–H groups in total. The van der Waals surface area contributed by atoms with Crippen LogP contribution in [0.3, 0.4) is 0 Å². The zero-order chi connectivity index (χ0) is 10.9. The van der Waals surface area contributed by atoms with Crippen LogP contribution in [-0.4, -0.2) is 20.3 Å². The summed E-state index contributed by atoms with van der Waals surface area (Å²) in [7, 11) is 0. The van der Waals surface area contributed by atoms with E-state index < -0.39 is 6.10 Å². The highest BCUT2D eigenvalue weighted by molar-refractivity contribution is 4.87. The van der Waals surface area contributed by atoms with E-state index in [0.29, 0.717) is 0 Å². The summed E-state index contributed by atoms with van der Waals surface area (Å²) in [6, 6.07) is -0.0209. The molecule has 0 aliphatic heterocycles. The number of hydrogen-bond acceptors (Lipinski definition) is 2. The summed E-state index contributed by atoms with van der Waals surface area (Å²) in [6.45, 7) is 7.43. The van der Waals surface area contributed by atoms with Crippen LogP contribution in [0.15, 0.2) is 17.2 Å². The van der Waals surface area contributed by atoms with E-state index in [4.69, 9.17) is 0 Å². The van der Waals surface area contributed by atoms with E-state index in [1.165, 1.54) is 0 Å². The van der Waals surface area contributed by atoms with Gasteiger partial charge in [0, 0.05) is 18.4 Å². The average Bonchev–Trinajstić information content (AvgIpc) is 2.45. The van der Waals surface area contributed by atoms with Crippen LogP contribution in [0.25, 0.3) is 0 Å². The van der Waals surface area contributed by atoms with Gasteiger partial charge in [-0.05, 0) is 27.7 Å². The van der Waals surface area contributed by atoms with Gasteiger partial charge in [0.05, 0.1) is 12.1 Å². The minimum absolute atomic E-state index is 0.0617. The molecule has 0 aromatic carbocycles. The second-order valence-corrected chi connectivity index (χ2v) is 3.97. The smallest absolute Gasteiger partial charge is 0.328 e. The molecule has 0 aliphatic carbocycles. The molecule has 14 heavy (non-hydrogen) atoms. The molecule has 0 fully saturated rings. The van der Waals surface area contributed by atoms with Crippen molar-refractivity contribution in [2.75, 3.05) is 0 Å². The molecule has 4 heteroatoms. The Hall–Kier alpha value is -1.03. The monoisotopic (exact) mass is 198 g/mol. The quantitative estimate of drug-likeness (QED) is 0.792. The number of aliphatic hydroxyl groups excluding tert-OH is 1. The van der Waals surface area contributed by atoms with Crippen molar-refractivity contribution in [1.29, 1.82) is 0 Å². The van der Waals surface area contributed by atoms with Crippen LogP contribution in [0.4, 0.5) is 0 Å². The third kappa shape index (κ3) is 1.90. The molecule has 0 bridgehead atoms. The molecule has 0 saturated carbocycles. The van der Waals surface area contributed by atoms with Crippen molar-refractivity contribution in [3.05, 3.63) is 22.9 Å². The van der Waals surface area contributed by atoms with Gasteiger partial charge in [0.15, 0.2) is 0 Å². The normalized spacial score (nSPS) is 15.9. The number of hydrogen-bond donors (Lipinski definition) is 1. The highest BCUT2D eigenvalue weighted by atomic mass is 16.3. The summed E-state index contributed by atoms with van der Waals surface area (Å²) in [5, 5.41) is 9.38. The van der Waals surface area contributed by atoms with Gasteiger partial charge >= 0.3 is 5.69 Å². The second kappa shape index (κ2) is 4.00. The Morgan fingerprint density at radius 3 is 2.00 bits per heavy atom. The third-order valence-corrected chi connectivity index (χ3v) is 2.52. The molecule has 0 amide bonds. The predicted molar refractivity (Wildman–Crippen MR) is 55.5 cm³/mol. The average molecular weight is 198 g/mol. The first-order valence-electron chi connectivity index (χ1n) is 4.92. The van der Waals surface area contributed by atoms with Gasteiger partial charge in [0.2, 0.25) is 0 Å². The Labute approximate surface area is 83.8 Å². The van der Waals surface area contributed by atoms with Crippen LogP contribution >= 0.6 is 0 Å². The topological polar surface area (TPSA) is 47.2 Å². The van der Waals surface area contributed by atoms with Crippen LogP contribution in [0.5, 0.6) is 0 Å². The van der Waals surface area contributed by atoms with Crippen molar-refractivity contribution in [3.63, 3.8) is 0 Å². The lowest BCUT2D eigenvalue weighted by Crippen LogP contribution is -2.31. The van der Waals surface area contributed by atoms with Crippen molar-refractivity contribution in [2.45, 2.75) is 45.9 Å². The van der Waals surface area contributed by atoms with Crippen molar-refractivity contribution < 1.29 is 5.11 Å². The van der Waals surface area contributed by atoms with Gasteiger partial charge in [-0.3, -0.25) is 9.13 Å². The van der Waals surface area contributed by atoms with E-state index in [-0.39, 0.29) is 17.8 Å². The first-order valence-corrected chi connectivity index (χ1v) is 4.92. The van der Waals surface area contributed by atoms with E-state index in [9.17, 15) is 9.90 Å². The van der Waals surface area contributed by atoms with Crippen molar-refractivity contribution >= 4 is 0 Å². The Balaban J connectivity index is 3.07. The fraction of sp³-hybridized carbons (Fsp3) is 0.700. The summed E-state index contributed by atoms with van der Waals surface area (Å²) in [4.78, 5) is 11.8. The predicted octanol–water partition coefficient (Wildman–Crippen LogP) is 1.17. The molecule has 1 aromatic rings. The number of rotatable bonds is 3. The summed E-state index contributed by atoms with van der Waals surface area (Å²) in [5.74, 6) is 0. The molecule has 1 rings (SSSR count). The maximum Gasteiger partial charge on any atom is 0.328 e. The van der Waals surface area contributed by atoms with Crippen LogP contribution in [0.1, 0.15) is 39.8 Å². The standard InChI is InChI=1S/C10H18N2O2/c1-7(2)11-5-6-12(10(11)14)8(3)9(4)13/h5-9,13H,1-4H3. The number of aromatic nitrogens is 2. The van der Waals surface area contributed by atoms with E-state index in [2.05, 4.69) is 0 Å². The lowest BCUT2D eigenvalue weighted by molar-refractivity contribution is 0.137. The highest BCUT2D eigenvalue weighted by Crippen LogP contribution is 2.09. The molecule has 4 nitrogen and oxygen atoms in total. The number of imidazole rings is 1. The van der Waals surface area contributed by atoms with E-state index in [1.807, 2.05) is 20.8 Å². The first-order chi connectivity index (χ1) is 6.45. The Bertz CT molecular complexity index is 349. The molecule has 0 aliphatic rings. The Morgan fingerprint density at radius 2 is 1.64 bits per heavy atom. The molecule has 0 spiro atoms. The molecular formula is C10H18N2O2. The minimum Gasteiger partial charge on any atom is -0.391 e. The van der Waals surface area contributed by atoms with Crippen LogP contribution in [0.2, 0.25) is 0 Å². The molecule has 80 valence electrons. The molecule has 2 unspecified atom stereocenters. The van der Waals surface area contributed by atoms with Crippen LogP contribution in [0, 0.1) is 0 Å². The second-order valence-electron chi connectivity index (χ2n) is 3.97. The van der Waals surface area contributed by atoms with Crippen LogP contribution in [-0.2, 0) is 0 Å². The lowest BCUT2D eigenvalue weighted by Gasteiger charge is -2.15. The maximum absolute atomic E-state index is 11.8. The first kappa shape index (κ1) is 11.0. The van der Waals surface area contributed by atoms with Gasteiger partial charge < -0.3 is 5.11 Å². The molecule has 2 atom stereocenters. The largest absolute Gasteiger partial charge is 0.391 e. The molecule has 0 radical (unpaired) electrons. The van der Waals surface area contributed by atoms with Gasteiger partial charge in [-0.2, -0.15) is 0 Å². The number of aliphatic hydroxyl groups is 1. The Kier molecular flexibility index (Phi) is 3.16. The summed E-state index contributed by atoms with van der Waals surface area (Å²) < 4.78 is 3.21. The molecular weight excluding hydrogens is 180 g/mol. The third-order valence-electron chi connectivity index (χ3n) is 2.52. The number of nitrogens with zero attached hydrogens (tertiary/aromatic N) is 2. The minimum atomic E-state index is -0.518. The van der Waals surface area contributed by atoms with E-state index in [0.717, 1.165) is 0 Å². The SMILES string of the molecule is CC(O)C(C)n1ccn(C(C)C)c1=O.